The van der Waals surface area contributed by atoms with Gasteiger partial charge in [0, 0.05) is 22.9 Å². The molecular weight excluding hydrogens is 340 g/mol. The fraction of sp³-hybridized carbons (Fsp3) is 0.136. The molecule has 0 radical (unpaired) electrons. The fourth-order valence-electron chi connectivity index (χ4n) is 3.20. The zero-order valence-corrected chi connectivity index (χ0v) is 14.8. The first-order valence-corrected chi connectivity index (χ1v) is 8.92. The third-order valence-electron chi connectivity index (χ3n) is 4.51. The molecule has 1 amide bonds. The lowest BCUT2D eigenvalue weighted by Gasteiger charge is -2.16. The Morgan fingerprint density at radius 2 is 1.52 bits per heavy atom. The average molecular weight is 361 g/mol. The van der Waals surface area contributed by atoms with E-state index in [0.717, 1.165) is 0 Å². The first-order valence-electron chi connectivity index (χ1n) is 8.92. The van der Waals surface area contributed by atoms with Gasteiger partial charge < -0.3 is 20.1 Å². The van der Waals surface area contributed by atoms with Crippen LogP contribution in [0.3, 0.4) is 0 Å². The van der Waals surface area contributed by atoms with Crippen LogP contribution in [-0.2, 0) is 4.79 Å². The van der Waals surface area contributed by atoms with Crippen LogP contribution in [0.15, 0.2) is 78.9 Å². The van der Waals surface area contributed by atoms with E-state index < -0.39 is 0 Å². The van der Waals surface area contributed by atoms with Crippen molar-refractivity contribution in [2.75, 3.05) is 18.7 Å². The summed E-state index contributed by atoms with van der Waals surface area (Å²) < 4.78 is 10.6. The third-order valence-corrected chi connectivity index (χ3v) is 4.51. The zero-order valence-electron chi connectivity index (χ0n) is 14.8. The summed E-state index contributed by atoms with van der Waals surface area (Å²) in [6.45, 7) is 0.527. The van der Waals surface area contributed by atoms with Gasteiger partial charge in [-0.1, -0.05) is 60.7 Å². The number of nitrogens with two attached hydrogens (primary N) is 1. The van der Waals surface area contributed by atoms with Crippen LogP contribution < -0.4 is 20.1 Å². The van der Waals surface area contributed by atoms with Crippen molar-refractivity contribution in [1.29, 1.82) is 0 Å². The van der Waals surface area contributed by atoms with Gasteiger partial charge in [0.25, 0.3) is 5.91 Å². The summed E-state index contributed by atoms with van der Waals surface area (Å²) in [5.41, 5.74) is 3.03. The maximum atomic E-state index is 12.5. The Morgan fingerprint density at radius 1 is 0.889 bits per heavy atom. The van der Waals surface area contributed by atoms with Crippen molar-refractivity contribution in [3.8, 4) is 11.5 Å². The second-order valence-electron chi connectivity index (χ2n) is 6.36. The number of rotatable bonds is 6. The molecule has 0 unspecified atom stereocenters. The van der Waals surface area contributed by atoms with Gasteiger partial charge in [0.05, 0.1) is 0 Å². The maximum Gasteiger partial charge on any atom is 0.279 e. The third kappa shape index (κ3) is 4.10. The Balaban J connectivity index is 1.44. The van der Waals surface area contributed by atoms with Crippen LogP contribution in [0.5, 0.6) is 11.5 Å². The number of carbonyl (C=O) groups excluding carboxylic acids is 1. The molecule has 1 aliphatic heterocycles. The summed E-state index contributed by atoms with van der Waals surface area (Å²) in [5, 5.41) is 4.97. The van der Waals surface area contributed by atoms with Crippen molar-refractivity contribution in [3.63, 3.8) is 0 Å². The van der Waals surface area contributed by atoms with E-state index in [4.69, 9.17) is 9.47 Å². The van der Waals surface area contributed by atoms with Crippen molar-refractivity contribution in [2.24, 2.45) is 0 Å². The minimum absolute atomic E-state index is 0.0641. The molecule has 5 heteroatoms. The van der Waals surface area contributed by atoms with Crippen LogP contribution in [0.25, 0.3) is 0 Å². The summed E-state index contributed by atoms with van der Waals surface area (Å²) in [6, 6.07) is 25.9. The molecule has 27 heavy (non-hydrogen) atoms. The van der Waals surface area contributed by atoms with Crippen molar-refractivity contribution in [2.45, 2.75) is 6.04 Å². The van der Waals surface area contributed by atoms with Crippen LogP contribution in [0.2, 0.25) is 0 Å². The molecule has 3 N–H and O–H groups in total. The number of nitrogens with one attached hydrogen (secondary N) is 1. The number of benzene rings is 3. The molecule has 0 fully saturated rings. The number of fused-ring (bicyclic) bond motifs is 1. The van der Waals surface area contributed by atoms with Gasteiger partial charge in [0.15, 0.2) is 18.0 Å². The molecule has 4 rings (SSSR count). The Hall–Kier alpha value is -3.31. The van der Waals surface area contributed by atoms with Crippen molar-refractivity contribution >= 4 is 11.6 Å². The highest BCUT2D eigenvalue weighted by Crippen LogP contribution is 2.34. The summed E-state index contributed by atoms with van der Waals surface area (Å²) in [5.74, 6) is 1.29. The Bertz CT molecular complexity index is 874. The lowest BCUT2D eigenvalue weighted by molar-refractivity contribution is -0.676. The first kappa shape index (κ1) is 17.1. The van der Waals surface area contributed by atoms with Gasteiger partial charge >= 0.3 is 0 Å². The number of quaternary nitrogens is 1. The molecule has 0 atom stereocenters. The molecule has 1 heterocycles. The molecule has 3 aromatic carbocycles. The summed E-state index contributed by atoms with van der Waals surface area (Å²) in [6.07, 6.45) is 0. The molecule has 136 valence electrons. The molecule has 5 nitrogen and oxygen atoms in total. The number of hydrogen-bond donors (Lipinski definition) is 2. The van der Waals surface area contributed by atoms with E-state index in [1.54, 1.807) is 12.1 Å². The Morgan fingerprint density at radius 3 is 2.19 bits per heavy atom. The molecule has 0 saturated heterocycles. The minimum Gasteiger partial charge on any atom is -0.454 e. The zero-order chi connectivity index (χ0) is 18.5. The number of anilines is 1. The molecule has 0 saturated carbocycles. The minimum atomic E-state index is -0.0641. The number of carbonyl (C=O) groups is 1. The smallest absolute Gasteiger partial charge is 0.279 e. The van der Waals surface area contributed by atoms with Gasteiger partial charge in [0.2, 0.25) is 6.79 Å². The summed E-state index contributed by atoms with van der Waals surface area (Å²) in [4.78, 5) is 12.5. The van der Waals surface area contributed by atoms with E-state index in [0.29, 0.717) is 23.7 Å². The first-order chi connectivity index (χ1) is 13.3. The van der Waals surface area contributed by atoms with E-state index in [9.17, 15) is 4.79 Å². The quantitative estimate of drug-likeness (QED) is 0.710. The highest BCUT2D eigenvalue weighted by molar-refractivity contribution is 5.91. The highest BCUT2D eigenvalue weighted by Gasteiger charge is 2.19. The summed E-state index contributed by atoms with van der Waals surface area (Å²) in [7, 11) is 0. The fourth-order valence-corrected chi connectivity index (χ4v) is 3.20. The topological polar surface area (TPSA) is 64.2 Å². The SMILES string of the molecule is O=C(C[NH2+]C(c1ccccc1)c1ccccc1)Nc1ccc2c(c1)OCO2. The van der Waals surface area contributed by atoms with Gasteiger partial charge in [-0.3, -0.25) is 4.79 Å². The standard InChI is InChI=1S/C22H20N2O3/c25-21(24-18-11-12-19-20(13-18)27-15-26-19)14-23-22(16-7-3-1-4-8-16)17-9-5-2-6-10-17/h1-13,22-23H,14-15H2,(H,24,25)/p+1. The Labute approximate surface area is 157 Å². The normalized spacial score (nSPS) is 12.2. The van der Waals surface area contributed by atoms with E-state index >= 15 is 0 Å². The Kier molecular flexibility index (Phi) is 5.03. The summed E-state index contributed by atoms with van der Waals surface area (Å²) >= 11 is 0. The van der Waals surface area contributed by atoms with Crippen molar-refractivity contribution in [3.05, 3.63) is 90.0 Å². The van der Waals surface area contributed by atoms with Crippen LogP contribution >= 0.6 is 0 Å². The van der Waals surface area contributed by atoms with Gasteiger partial charge in [-0.15, -0.1) is 0 Å². The average Bonchev–Trinajstić information content (AvgIpc) is 3.18. The van der Waals surface area contributed by atoms with E-state index in [2.05, 4.69) is 29.6 Å². The maximum absolute atomic E-state index is 12.5. The van der Waals surface area contributed by atoms with E-state index in [1.807, 2.05) is 47.8 Å². The molecule has 0 aromatic heterocycles. The monoisotopic (exact) mass is 361 g/mol. The van der Waals surface area contributed by atoms with E-state index in [1.165, 1.54) is 11.1 Å². The second kappa shape index (κ2) is 7.93. The number of ether oxygens (including phenoxy) is 2. The largest absolute Gasteiger partial charge is 0.454 e. The van der Waals surface area contributed by atoms with Crippen molar-refractivity contribution < 1.29 is 19.6 Å². The van der Waals surface area contributed by atoms with Crippen LogP contribution in [0, 0.1) is 0 Å². The lowest BCUT2D eigenvalue weighted by Crippen LogP contribution is -2.87. The van der Waals surface area contributed by atoms with Gasteiger partial charge in [0.1, 0.15) is 6.04 Å². The van der Waals surface area contributed by atoms with Crippen LogP contribution in [-0.4, -0.2) is 19.2 Å². The molecule has 0 bridgehead atoms. The van der Waals surface area contributed by atoms with Crippen LogP contribution in [0.4, 0.5) is 5.69 Å². The molecule has 0 spiro atoms. The highest BCUT2D eigenvalue weighted by atomic mass is 16.7. The molecule has 1 aliphatic rings. The molecular formula is C22H21N2O3+. The van der Waals surface area contributed by atoms with Gasteiger partial charge in [-0.2, -0.15) is 0 Å². The molecule has 0 aliphatic carbocycles. The van der Waals surface area contributed by atoms with Crippen molar-refractivity contribution in [1.82, 2.24) is 0 Å². The predicted molar refractivity (Wildman–Crippen MR) is 103 cm³/mol. The number of amides is 1. The number of hydrogen-bond acceptors (Lipinski definition) is 3. The predicted octanol–water partition coefficient (Wildman–Crippen LogP) is 2.71. The van der Waals surface area contributed by atoms with Gasteiger partial charge in [-0.05, 0) is 12.1 Å². The molecule has 3 aromatic rings. The van der Waals surface area contributed by atoms with E-state index in [-0.39, 0.29) is 18.7 Å². The second-order valence-corrected chi connectivity index (χ2v) is 6.36. The van der Waals surface area contributed by atoms with Gasteiger partial charge in [-0.25, -0.2) is 0 Å². The van der Waals surface area contributed by atoms with Crippen LogP contribution in [0.1, 0.15) is 17.2 Å². The lowest BCUT2D eigenvalue weighted by atomic mass is 9.99.